The molecule has 0 spiro atoms. The number of carboxylic acid groups (broad SMARTS) is 1. The van der Waals surface area contributed by atoms with Gasteiger partial charge in [0, 0.05) is 28.6 Å². The third-order valence-corrected chi connectivity index (χ3v) is 4.15. The number of carbonyl (C=O) groups excluding carboxylic acids is 1. The Kier molecular flexibility index (Phi) is 3.98. The number of carbonyl (C=O) groups is 2. The van der Waals surface area contributed by atoms with Gasteiger partial charge in [0.25, 0.3) is 0 Å². The first kappa shape index (κ1) is 15.1. The van der Waals surface area contributed by atoms with Gasteiger partial charge in [-0.05, 0) is 31.9 Å². The van der Waals surface area contributed by atoms with Gasteiger partial charge >= 0.3 is 5.97 Å². The summed E-state index contributed by atoms with van der Waals surface area (Å²) in [6.45, 7) is 2.88. The molecule has 0 radical (unpaired) electrons. The first-order valence-corrected chi connectivity index (χ1v) is 7.03. The zero-order valence-corrected chi connectivity index (χ0v) is 12.7. The molecule has 6 heteroatoms. The molecule has 0 saturated heterocycles. The van der Waals surface area contributed by atoms with Crippen LogP contribution in [0.4, 0.5) is 0 Å². The lowest BCUT2D eigenvalue weighted by molar-refractivity contribution is -0.159. The van der Waals surface area contributed by atoms with Gasteiger partial charge in [-0.1, -0.05) is 29.3 Å². The summed E-state index contributed by atoms with van der Waals surface area (Å²) >= 11 is 12.0. The topological polar surface area (TPSA) is 57.6 Å². The van der Waals surface area contributed by atoms with E-state index >= 15 is 0 Å². The first-order valence-electron chi connectivity index (χ1n) is 6.27. The van der Waals surface area contributed by atoms with Crippen LogP contribution in [0.25, 0.3) is 0 Å². The first-order chi connectivity index (χ1) is 9.28. The van der Waals surface area contributed by atoms with Crippen molar-refractivity contribution in [3.05, 3.63) is 33.8 Å². The highest BCUT2D eigenvalue weighted by atomic mass is 35.5. The summed E-state index contributed by atoms with van der Waals surface area (Å²) in [5, 5.41) is 10.4. The van der Waals surface area contributed by atoms with Crippen molar-refractivity contribution in [2.75, 3.05) is 0 Å². The van der Waals surface area contributed by atoms with Gasteiger partial charge in [-0.15, -0.1) is 0 Å². The Morgan fingerprint density at radius 2 is 1.95 bits per heavy atom. The maximum absolute atomic E-state index is 11.9. The maximum atomic E-state index is 11.9. The lowest BCUT2D eigenvalue weighted by atomic mass is 9.89. The minimum Gasteiger partial charge on any atom is -0.479 e. The fourth-order valence-electron chi connectivity index (χ4n) is 2.50. The SMILES string of the molecule is CC(=O)N(C1CC1)C(C)(C(=O)O)c1ccc(Cl)cc1Cl. The Morgan fingerprint density at radius 1 is 1.35 bits per heavy atom. The standard InChI is InChI=1S/C14H15Cl2NO3/c1-8(18)17(10-4-5-10)14(2,13(19)20)11-6-3-9(15)7-12(11)16/h3,6-7,10H,4-5H2,1-2H3,(H,19,20). The predicted molar refractivity (Wildman–Crippen MR) is 77.0 cm³/mol. The summed E-state index contributed by atoms with van der Waals surface area (Å²) in [5.74, 6) is -1.38. The molecule has 4 nitrogen and oxygen atoms in total. The third-order valence-electron chi connectivity index (χ3n) is 3.61. The number of rotatable bonds is 4. The van der Waals surface area contributed by atoms with E-state index in [2.05, 4.69) is 0 Å². The van der Waals surface area contributed by atoms with Crippen molar-refractivity contribution in [1.82, 2.24) is 4.90 Å². The molecule has 1 N–H and O–H groups in total. The van der Waals surface area contributed by atoms with Crippen molar-refractivity contribution < 1.29 is 14.7 Å². The van der Waals surface area contributed by atoms with Gasteiger partial charge in [0.1, 0.15) is 0 Å². The molecule has 1 aliphatic rings. The lowest BCUT2D eigenvalue weighted by Crippen LogP contribution is -2.53. The van der Waals surface area contributed by atoms with E-state index < -0.39 is 11.5 Å². The molecule has 2 rings (SSSR count). The molecule has 1 aliphatic carbocycles. The quantitative estimate of drug-likeness (QED) is 0.927. The van der Waals surface area contributed by atoms with E-state index in [1.165, 1.54) is 24.8 Å². The molecule has 1 aromatic carbocycles. The summed E-state index contributed by atoms with van der Waals surface area (Å²) in [6.07, 6.45) is 1.63. The second-order valence-corrected chi connectivity index (χ2v) is 5.97. The largest absolute Gasteiger partial charge is 0.479 e. The van der Waals surface area contributed by atoms with Gasteiger partial charge in [0.15, 0.2) is 5.54 Å². The van der Waals surface area contributed by atoms with Crippen LogP contribution in [0.15, 0.2) is 18.2 Å². The van der Waals surface area contributed by atoms with Gasteiger partial charge in [-0.25, -0.2) is 4.79 Å². The molecule has 1 saturated carbocycles. The van der Waals surface area contributed by atoms with Crippen molar-refractivity contribution in [2.24, 2.45) is 0 Å². The van der Waals surface area contributed by atoms with Crippen molar-refractivity contribution in [3.63, 3.8) is 0 Å². The summed E-state index contributed by atoms with van der Waals surface area (Å²) < 4.78 is 0. The van der Waals surface area contributed by atoms with E-state index in [0.717, 1.165) is 12.8 Å². The fourth-order valence-corrected chi connectivity index (χ4v) is 3.09. The summed E-state index contributed by atoms with van der Waals surface area (Å²) in [4.78, 5) is 25.2. The average Bonchev–Trinajstić information content (AvgIpc) is 3.12. The third kappa shape index (κ3) is 2.50. The number of halogens is 2. The number of carboxylic acids is 1. The van der Waals surface area contributed by atoms with Gasteiger partial charge in [-0.2, -0.15) is 0 Å². The lowest BCUT2D eigenvalue weighted by Gasteiger charge is -2.38. The molecule has 0 heterocycles. The molecular weight excluding hydrogens is 301 g/mol. The van der Waals surface area contributed by atoms with E-state index in [0.29, 0.717) is 10.6 Å². The monoisotopic (exact) mass is 315 g/mol. The number of hydrogen-bond donors (Lipinski definition) is 1. The maximum Gasteiger partial charge on any atom is 0.334 e. The normalized spacial score (nSPS) is 17.4. The fraction of sp³-hybridized carbons (Fsp3) is 0.429. The van der Waals surface area contributed by atoms with Crippen LogP contribution in [-0.2, 0) is 15.1 Å². The van der Waals surface area contributed by atoms with Gasteiger partial charge in [0.2, 0.25) is 5.91 Å². The van der Waals surface area contributed by atoms with Crippen LogP contribution in [0.5, 0.6) is 0 Å². The molecule has 1 amide bonds. The highest BCUT2D eigenvalue weighted by Gasteiger charge is 2.50. The molecule has 0 aliphatic heterocycles. The van der Waals surface area contributed by atoms with Crippen LogP contribution in [-0.4, -0.2) is 27.9 Å². The molecule has 1 unspecified atom stereocenters. The summed E-state index contributed by atoms with van der Waals surface area (Å²) in [6, 6.07) is 4.59. The molecule has 1 aromatic rings. The molecule has 108 valence electrons. The summed E-state index contributed by atoms with van der Waals surface area (Å²) in [5.41, 5.74) is -1.12. The molecule has 0 aromatic heterocycles. The minimum atomic E-state index is -1.49. The highest BCUT2D eigenvalue weighted by molar-refractivity contribution is 6.35. The second-order valence-electron chi connectivity index (χ2n) is 5.12. The minimum absolute atomic E-state index is 0.0413. The van der Waals surface area contributed by atoms with E-state index in [1.54, 1.807) is 12.1 Å². The van der Waals surface area contributed by atoms with Crippen molar-refractivity contribution in [1.29, 1.82) is 0 Å². The zero-order chi connectivity index (χ0) is 15.1. The number of benzene rings is 1. The van der Waals surface area contributed by atoms with Crippen LogP contribution < -0.4 is 0 Å². The van der Waals surface area contributed by atoms with Crippen LogP contribution in [0.3, 0.4) is 0 Å². The molecule has 1 fully saturated rings. The smallest absolute Gasteiger partial charge is 0.334 e. The number of amides is 1. The summed E-state index contributed by atoms with van der Waals surface area (Å²) in [7, 11) is 0. The molecule has 0 bridgehead atoms. The molecule has 1 atom stereocenters. The van der Waals surface area contributed by atoms with E-state index in [1.807, 2.05) is 0 Å². The number of hydrogen-bond acceptors (Lipinski definition) is 2. The van der Waals surface area contributed by atoms with E-state index in [-0.39, 0.29) is 17.0 Å². The zero-order valence-electron chi connectivity index (χ0n) is 11.2. The second kappa shape index (κ2) is 5.26. The van der Waals surface area contributed by atoms with Crippen molar-refractivity contribution in [3.8, 4) is 0 Å². The van der Waals surface area contributed by atoms with Gasteiger partial charge in [-0.3, -0.25) is 4.79 Å². The number of aliphatic carboxylic acids is 1. The number of nitrogens with zero attached hydrogens (tertiary/aromatic N) is 1. The van der Waals surface area contributed by atoms with Gasteiger partial charge < -0.3 is 10.0 Å². The van der Waals surface area contributed by atoms with Crippen LogP contribution in [0.2, 0.25) is 10.0 Å². The van der Waals surface area contributed by atoms with Gasteiger partial charge in [0.05, 0.1) is 0 Å². The Morgan fingerprint density at radius 3 is 2.35 bits per heavy atom. The molecular formula is C14H15Cl2NO3. The van der Waals surface area contributed by atoms with E-state index in [4.69, 9.17) is 23.2 Å². The van der Waals surface area contributed by atoms with Crippen molar-refractivity contribution in [2.45, 2.75) is 38.3 Å². The van der Waals surface area contributed by atoms with Crippen molar-refractivity contribution >= 4 is 35.1 Å². The van der Waals surface area contributed by atoms with Crippen LogP contribution >= 0.6 is 23.2 Å². The Hall–Kier alpha value is -1.26. The Balaban J connectivity index is 2.58. The average molecular weight is 316 g/mol. The van der Waals surface area contributed by atoms with E-state index in [9.17, 15) is 14.7 Å². The Bertz CT molecular complexity index is 572. The van der Waals surface area contributed by atoms with Crippen LogP contribution in [0.1, 0.15) is 32.3 Å². The van der Waals surface area contributed by atoms with Crippen LogP contribution in [0, 0.1) is 0 Å². The Labute approximate surface area is 127 Å². The molecule has 20 heavy (non-hydrogen) atoms. The predicted octanol–water partition coefficient (Wildman–Crippen LogP) is 3.30. The highest BCUT2D eigenvalue weighted by Crippen LogP contribution is 2.41.